The Morgan fingerprint density at radius 2 is 1.80 bits per heavy atom. The predicted octanol–water partition coefficient (Wildman–Crippen LogP) is 2.70. The molecule has 4 aliphatic rings. The lowest BCUT2D eigenvalue weighted by Gasteiger charge is -2.35. The number of nitrogens with zero attached hydrogens (tertiary/aromatic N) is 6. The van der Waals surface area contributed by atoms with Gasteiger partial charge < -0.3 is 25.0 Å². The van der Waals surface area contributed by atoms with E-state index in [0.717, 1.165) is 0 Å². The summed E-state index contributed by atoms with van der Waals surface area (Å²) in [5, 5.41) is 13.5. The summed E-state index contributed by atoms with van der Waals surface area (Å²) < 4.78 is 41.7. The highest BCUT2D eigenvalue weighted by atomic mass is 32.2. The van der Waals surface area contributed by atoms with Crippen LogP contribution in [0.25, 0.3) is 22.4 Å². The Morgan fingerprint density at radius 3 is 2.45 bits per heavy atom. The molecule has 7 rings (SSSR count). The third-order valence-corrected chi connectivity index (χ3v) is 12.9. The Labute approximate surface area is 319 Å². The van der Waals surface area contributed by atoms with Crippen molar-refractivity contribution in [2.75, 3.05) is 13.2 Å². The molecule has 18 heteroatoms. The van der Waals surface area contributed by atoms with Gasteiger partial charge in [0, 0.05) is 18.4 Å². The Morgan fingerprint density at radius 1 is 1.09 bits per heavy atom. The number of sulfonamides is 1. The van der Waals surface area contributed by atoms with Crippen molar-refractivity contribution in [3.63, 3.8) is 0 Å². The molecule has 2 bridgehead atoms. The van der Waals surface area contributed by atoms with Crippen molar-refractivity contribution in [2.45, 2.75) is 116 Å². The van der Waals surface area contributed by atoms with Crippen LogP contribution in [0.2, 0.25) is 0 Å². The normalized spacial score (nSPS) is 27.1. The van der Waals surface area contributed by atoms with E-state index in [-0.39, 0.29) is 37.8 Å². The molecule has 0 radical (unpaired) electrons. The zero-order chi connectivity index (χ0) is 39.5. The SMILES string of the molecule is CC[C@@H]1C[C@@]1(NC(=O)[C@@H]1C[C@@H]2CN1C(=O)[C@H](C(C)(C)C)NC(=O)OCC(C)(C)CCn1nncc1-c1nc3ccccc3nc1O2)C(=O)NS(=O)(=O)C1CC1. The number of nitrogens with one attached hydrogen (secondary N) is 3. The number of rotatable bonds is 6. The monoisotopic (exact) mass is 779 g/mol. The van der Waals surface area contributed by atoms with E-state index in [4.69, 9.17) is 19.4 Å². The number of aryl methyl sites for hydroxylation is 1. The molecule has 55 heavy (non-hydrogen) atoms. The van der Waals surface area contributed by atoms with Crippen LogP contribution in [0.5, 0.6) is 5.88 Å². The van der Waals surface area contributed by atoms with Crippen LogP contribution in [0.4, 0.5) is 4.79 Å². The van der Waals surface area contributed by atoms with Gasteiger partial charge in [0.2, 0.25) is 27.7 Å². The Balaban J connectivity index is 1.27. The highest BCUT2D eigenvalue weighted by Crippen LogP contribution is 2.47. The third-order valence-electron chi connectivity index (χ3n) is 11.0. The highest BCUT2D eigenvalue weighted by Gasteiger charge is 2.62. The minimum Gasteiger partial charge on any atom is -0.471 e. The number of amides is 4. The van der Waals surface area contributed by atoms with Crippen LogP contribution in [0.1, 0.15) is 80.1 Å². The zero-order valence-electron chi connectivity index (χ0n) is 32.0. The molecule has 2 saturated carbocycles. The van der Waals surface area contributed by atoms with Crippen molar-refractivity contribution < 1.29 is 37.1 Å². The minimum atomic E-state index is -3.89. The predicted molar refractivity (Wildman–Crippen MR) is 199 cm³/mol. The Bertz CT molecular complexity index is 2130. The second-order valence-corrected chi connectivity index (χ2v) is 19.0. The summed E-state index contributed by atoms with van der Waals surface area (Å²) in [4.78, 5) is 67.1. The maximum absolute atomic E-state index is 14.7. The first kappa shape index (κ1) is 38.4. The molecule has 2 aromatic heterocycles. The molecular weight excluding hydrogens is 731 g/mol. The van der Waals surface area contributed by atoms with Crippen molar-refractivity contribution in [3.05, 3.63) is 30.5 Å². The highest BCUT2D eigenvalue weighted by molar-refractivity contribution is 7.91. The van der Waals surface area contributed by atoms with Crippen LogP contribution in [0.3, 0.4) is 0 Å². The van der Waals surface area contributed by atoms with Gasteiger partial charge in [0.1, 0.15) is 29.4 Å². The largest absolute Gasteiger partial charge is 0.471 e. The molecule has 17 nitrogen and oxygen atoms in total. The van der Waals surface area contributed by atoms with Crippen LogP contribution in [-0.4, -0.2) is 104 Å². The molecule has 0 spiro atoms. The van der Waals surface area contributed by atoms with Gasteiger partial charge in [0.25, 0.3) is 5.91 Å². The number of carbonyl (C=O) groups is 4. The van der Waals surface area contributed by atoms with Crippen LogP contribution in [0.15, 0.2) is 30.5 Å². The first-order chi connectivity index (χ1) is 25.9. The molecule has 2 aliphatic heterocycles. The van der Waals surface area contributed by atoms with Crippen molar-refractivity contribution in [3.8, 4) is 17.3 Å². The molecule has 5 atom stereocenters. The van der Waals surface area contributed by atoms with E-state index < -0.39 is 73.6 Å². The van der Waals surface area contributed by atoms with Crippen LogP contribution in [-0.2, 0) is 35.7 Å². The lowest BCUT2D eigenvalue weighted by molar-refractivity contribution is -0.143. The van der Waals surface area contributed by atoms with E-state index >= 15 is 0 Å². The fraction of sp³-hybridized carbons (Fsp3) is 0.622. The summed E-state index contributed by atoms with van der Waals surface area (Å²) in [6.45, 7) is 11.5. The number of ether oxygens (including phenoxy) is 2. The maximum Gasteiger partial charge on any atom is 0.407 e. The summed E-state index contributed by atoms with van der Waals surface area (Å²) in [6, 6.07) is 5.03. The fourth-order valence-corrected chi connectivity index (χ4v) is 8.75. The number of hydrogen-bond donors (Lipinski definition) is 3. The van der Waals surface area contributed by atoms with E-state index in [1.165, 1.54) is 4.90 Å². The van der Waals surface area contributed by atoms with Crippen molar-refractivity contribution in [1.29, 1.82) is 0 Å². The molecular formula is C37H49N9O8S. The van der Waals surface area contributed by atoms with Gasteiger partial charge in [0.05, 0.1) is 35.6 Å². The quantitative estimate of drug-likeness (QED) is 0.329. The summed E-state index contributed by atoms with van der Waals surface area (Å²) in [5.74, 6) is -2.13. The average molecular weight is 780 g/mol. The second kappa shape index (κ2) is 14.0. The number of alkyl carbamates (subject to hydrolysis) is 1. The van der Waals surface area contributed by atoms with Gasteiger partial charge in [-0.15, -0.1) is 5.10 Å². The van der Waals surface area contributed by atoms with E-state index in [1.807, 2.05) is 39.0 Å². The Kier molecular flexibility index (Phi) is 9.78. The molecule has 3 aromatic rings. The molecule has 4 heterocycles. The van der Waals surface area contributed by atoms with Gasteiger partial charge >= 0.3 is 6.09 Å². The van der Waals surface area contributed by atoms with Crippen LogP contribution < -0.4 is 20.1 Å². The number of hydrogen-bond acceptors (Lipinski definition) is 12. The van der Waals surface area contributed by atoms with Crippen LogP contribution in [0, 0.1) is 16.7 Å². The molecule has 2 aliphatic carbocycles. The summed E-state index contributed by atoms with van der Waals surface area (Å²) in [5.41, 5.74) is -0.714. The zero-order valence-corrected chi connectivity index (χ0v) is 32.8. The van der Waals surface area contributed by atoms with Crippen molar-refractivity contribution >= 4 is 44.9 Å². The van der Waals surface area contributed by atoms with Crippen LogP contribution >= 0.6 is 0 Å². The molecule has 1 saturated heterocycles. The number of benzene rings is 1. The maximum atomic E-state index is 14.7. The molecule has 3 fully saturated rings. The first-order valence-corrected chi connectivity index (χ1v) is 20.4. The van der Waals surface area contributed by atoms with Gasteiger partial charge in [-0.2, -0.15) is 0 Å². The van der Waals surface area contributed by atoms with Gasteiger partial charge in [-0.1, -0.05) is 65.3 Å². The van der Waals surface area contributed by atoms with Crippen molar-refractivity contribution in [1.82, 2.24) is 45.2 Å². The second-order valence-electron chi connectivity index (χ2n) is 17.1. The molecule has 4 amide bonds. The lowest BCUT2D eigenvalue weighted by Crippen LogP contribution is -2.60. The summed E-state index contributed by atoms with van der Waals surface area (Å²) >= 11 is 0. The molecule has 0 unspecified atom stereocenters. The smallest absolute Gasteiger partial charge is 0.407 e. The molecule has 296 valence electrons. The fourth-order valence-electron chi connectivity index (χ4n) is 7.38. The number of fused-ring (bicyclic) bond motifs is 6. The number of para-hydroxylation sites is 2. The average Bonchev–Trinajstić information content (AvgIpc) is 4.01. The minimum absolute atomic E-state index is 0.00655. The lowest BCUT2D eigenvalue weighted by atomic mass is 9.85. The van der Waals surface area contributed by atoms with E-state index in [0.29, 0.717) is 54.6 Å². The standard InChI is InChI=1S/C37H49N9O8S/c1-7-21-17-37(21,33(49)43-55(51,52)23-12-13-23)42-30(47)26-16-22-19-45(26)32(48)29(35(2,3)4)41-34(50)53-20-36(5,6)14-15-46-27(18-38-44-46)28-31(54-22)40-25-11-9-8-10-24(25)39-28/h8-11,18,21-23,26,29H,7,12-17,19-20H2,1-6H3,(H,41,50)(H,42,47)(H,43,49)/t21-,22-,26+,29-,37+/m1/s1. The molecule has 3 N–H and O–H groups in total. The topological polar surface area (TPSA) is 217 Å². The van der Waals surface area contributed by atoms with Gasteiger partial charge in [0.15, 0.2) is 5.69 Å². The van der Waals surface area contributed by atoms with Crippen molar-refractivity contribution in [2.24, 2.45) is 16.7 Å². The van der Waals surface area contributed by atoms with Gasteiger partial charge in [-0.05, 0) is 49.1 Å². The van der Waals surface area contributed by atoms with E-state index in [1.54, 1.807) is 37.7 Å². The summed E-state index contributed by atoms with van der Waals surface area (Å²) in [6.07, 6.45) is 2.23. The number of carbonyl (C=O) groups excluding carboxylic acids is 4. The van der Waals surface area contributed by atoms with Gasteiger partial charge in [-0.25, -0.2) is 27.9 Å². The number of cyclic esters (lactones) is 1. The van der Waals surface area contributed by atoms with E-state index in [9.17, 15) is 27.6 Å². The van der Waals surface area contributed by atoms with Gasteiger partial charge in [-0.3, -0.25) is 19.1 Å². The Hall–Kier alpha value is -4.87. The first-order valence-electron chi connectivity index (χ1n) is 18.8. The summed E-state index contributed by atoms with van der Waals surface area (Å²) in [7, 11) is -3.89. The third kappa shape index (κ3) is 7.82. The van der Waals surface area contributed by atoms with E-state index in [2.05, 4.69) is 25.7 Å². The molecule has 1 aromatic carbocycles. The number of aromatic nitrogens is 5.